The molecule has 11 heteroatoms. The summed E-state index contributed by atoms with van der Waals surface area (Å²) in [5, 5.41) is 10.7. The lowest BCUT2D eigenvalue weighted by Crippen LogP contribution is -2.45. The van der Waals surface area contributed by atoms with E-state index >= 15 is 0 Å². The summed E-state index contributed by atoms with van der Waals surface area (Å²) in [5.41, 5.74) is 8.37. The van der Waals surface area contributed by atoms with E-state index in [0.717, 1.165) is 29.7 Å². The van der Waals surface area contributed by atoms with Gasteiger partial charge in [0, 0.05) is 37.3 Å². The fourth-order valence-corrected chi connectivity index (χ4v) is 6.41. The SMILES string of the molecule is CCCCN(C(=O)CN1C[C@H](c2cc(OC)c3c(c2)OCO3)[C@@H](C(=O)O)[C@@H]1CCOc1ccccc1OC)c1cccc(CN)c1. The van der Waals surface area contributed by atoms with Crippen LogP contribution in [0.4, 0.5) is 5.69 Å². The number of hydrogen-bond acceptors (Lipinski definition) is 9. The average Bonchev–Trinajstić information content (AvgIpc) is 3.69. The van der Waals surface area contributed by atoms with Gasteiger partial charge < -0.3 is 39.4 Å². The first-order valence-corrected chi connectivity index (χ1v) is 15.7. The van der Waals surface area contributed by atoms with Crippen molar-refractivity contribution in [2.75, 3.05) is 52.2 Å². The third-order valence-electron chi connectivity index (χ3n) is 8.72. The second-order valence-corrected chi connectivity index (χ2v) is 11.5. The number of fused-ring (bicyclic) bond motifs is 1. The topological polar surface area (TPSA) is 133 Å². The van der Waals surface area contributed by atoms with Gasteiger partial charge in [0.25, 0.3) is 0 Å². The first kappa shape index (κ1) is 32.9. The Morgan fingerprint density at radius 3 is 2.52 bits per heavy atom. The summed E-state index contributed by atoms with van der Waals surface area (Å²) in [5.74, 6) is 0.311. The van der Waals surface area contributed by atoms with Crippen LogP contribution in [0.15, 0.2) is 60.7 Å². The molecule has 2 aliphatic rings. The Bertz CT molecular complexity index is 1510. The van der Waals surface area contributed by atoms with E-state index in [1.54, 1.807) is 12.0 Å². The number of ether oxygens (including phenoxy) is 5. The van der Waals surface area contributed by atoms with Gasteiger partial charge in [-0.2, -0.15) is 0 Å². The Labute approximate surface area is 269 Å². The van der Waals surface area contributed by atoms with E-state index in [0.29, 0.717) is 54.8 Å². The number of likely N-dealkylation sites (tertiary alicyclic amines) is 1. The molecule has 1 fully saturated rings. The number of hydrogen-bond donors (Lipinski definition) is 2. The summed E-state index contributed by atoms with van der Waals surface area (Å²) >= 11 is 0. The summed E-state index contributed by atoms with van der Waals surface area (Å²) in [6.07, 6.45) is 2.12. The molecule has 2 aliphatic heterocycles. The second-order valence-electron chi connectivity index (χ2n) is 11.5. The molecule has 0 spiro atoms. The number of carbonyl (C=O) groups excluding carboxylic acids is 1. The number of para-hydroxylation sites is 2. The number of nitrogens with two attached hydrogens (primary N) is 1. The third kappa shape index (κ3) is 7.16. The summed E-state index contributed by atoms with van der Waals surface area (Å²) < 4.78 is 28.3. The van der Waals surface area contributed by atoms with Gasteiger partial charge in [0.1, 0.15) is 0 Å². The van der Waals surface area contributed by atoms with Crippen molar-refractivity contribution < 1.29 is 38.4 Å². The molecular weight excluding hydrogens is 590 g/mol. The van der Waals surface area contributed by atoms with Crippen LogP contribution in [0.2, 0.25) is 0 Å². The molecule has 46 heavy (non-hydrogen) atoms. The zero-order valence-electron chi connectivity index (χ0n) is 26.6. The molecule has 11 nitrogen and oxygen atoms in total. The minimum Gasteiger partial charge on any atom is -0.493 e. The van der Waals surface area contributed by atoms with E-state index in [-0.39, 0.29) is 25.9 Å². The molecule has 0 unspecified atom stereocenters. The molecule has 0 aromatic heterocycles. The number of amides is 1. The number of carboxylic acid groups (broad SMARTS) is 1. The Balaban J connectivity index is 1.46. The van der Waals surface area contributed by atoms with Gasteiger partial charge in [0.2, 0.25) is 18.4 Å². The van der Waals surface area contributed by atoms with Gasteiger partial charge in [-0.05, 0) is 60.4 Å². The number of unbranched alkanes of at least 4 members (excludes halogenated alkanes) is 1. The zero-order chi connectivity index (χ0) is 32.6. The molecule has 3 aromatic carbocycles. The smallest absolute Gasteiger partial charge is 0.308 e. The highest BCUT2D eigenvalue weighted by Gasteiger charge is 2.47. The molecule has 0 saturated carbocycles. The maximum Gasteiger partial charge on any atom is 0.308 e. The Morgan fingerprint density at radius 2 is 1.80 bits per heavy atom. The number of carbonyl (C=O) groups is 2. The Morgan fingerprint density at radius 1 is 1.02 bits per heavy atom. The number of benzene rings is 3. The van der Waals surface area contributed by atoms with E-state index in [4.69, 9.17) is 29.4 Å². The third-order valence-corrected chi connectivity index (χ3v) is 8.72. The van der Waals surface area contributed by atoms with E-state index in [9.17, 15) is 14.7 Å². The number of anilines is 1. The molecular formula is C35H43N3O8. The molecule has 0 radical (unpaired) electrons. The number of aliphatic carboxylic acids is 1. The Hall–Kier alpha value is -4.48. The summed E-state index contributed by atoms with van der Waals surface area (Å²) in [7, 11) is 3.11. The van der Waals surface area contributed by atoms with Crippen LogP contribution in [-0.2, 0) is 16.1 Å². The van der Waals surface area contributed by atoms with Gasteiger partial charge >= 0.3 is 5.97 Å². The van der Waals surface area contributed by atoms with Crippen LogP contribution in [0.3, 0.4) is 0 Å². The highest BCUT2D eigenvalue weighted by molar-refractivity contribution is 5.95. The molecule has 0 aliphatic carbocycles. The maximum atomic E-state index is 14.1. The first-order valence-electron chi connectivity index (χ1n) is 15.7. The van der Waals surface area contributed by atoms with Gasteiger partial charge in [-0.25, -0.2) is 0 Å². The lowest BCUT2D eigenvalue weighted by atomic mass is 9.84. The molecule has 1 saturated heterocycles. The monoisotopic (exact) mass is 633 g/mol. The van der Waals surface area contributed by atoms with Gasteiger partial charge in [-0.3, -0.25) is 14.5 Å². The fourth-order valence-electron chi connectivity index (χ4n) is 6.41. The maximum absolute atomic E-state index is 14.1. The van der Waals surface area contributed by atoms with Gasteiger partial charge in [0.15, 0.2) is 23.0 Å². The normalized spacial score (nSPS) is 18.7. The van der Waals surface area contributed by atoms with Crippen LogP contribution >= 0.6 is 0 Å². The number of nitrogens with zero attached hydrogens (tertiary/aromatic N) is 2. The van der Waals surface area contributed by atoms with Crippen molar-refractivity contribution >= 4 is 17.6 Å². The van der Waals surface area contributed by atoms with Crippen molar-refractivity contribution in [2.24, 2.45) is 11.7 Å². The van der Waals surface area contributed by atoms with Crippen molar-refractivity contribution in [1.82, 2.24) is 4.90 Å². The summed E-state index contributed by atoms with van der Waals surface area (Å²) in [6, 6.07) is 18.2. The van der Waals surface area contributed by atoms with E-state index in [1.165, 1.54) is 7.11 Å². The van der Waals surface area contributed by atoms with E-state index in [1.807, 2.05) is 65.6 Å². The van der Waals surface area contributed by atoms with Crippen molar-refractivity contribution in [2.45, 2.75) is 44.7 Å². The van der Waals surface area contributed by atoms with Crippen LogP contribution in [0.5, 0.6) is 28.7 Å². The van der Waals surface area contributed by atoms with Crippen LogP contribution < -0.4 is 34.3 Å². The minimum absolute atomic E-state index is 0.0395. The summed E-state index contributed by atoms with van der Waals surface area (Å²) in [6.45, 7) is 3.67. The first-order chi connectivity index (χ1) is 22.4. The molecule has 3 atom stereocenters. The molecule has 0 bridgehead atoms. The predicted octanol–water partition coefficient (Wildman–Crippen LogP) is 4.66. The largest absolute Gasteiger partial charge is 0.493 e. The quantitative estimate of drug-likeness (QED) is 0.243. The van der Waals surface area contributed by atoms with Crippen LogP contribution in [0, 0.1) is 5.92 Å². The molecule has 3 aromatic rings. The number of methoxy groups -OCH3 is 2. The lowest BCUT2D eigenvalue weighted by molar-refractivity contribution is -0.143. The molecule has 1 amide bonds. The van der Waals surface area contributed by atoms with Gasteiger partial charge in [-0.1, -0.05) is 37.6 Å². The van der Waals surface area contributed by atoms with Gasteiger partial charge in [-0.15, -0.1) is 0 Å². The van der Waals surface area contributed by atoms with Crippen molar-refractivity contribution in [1.29, 1.82) is 0 Å². The zero-order valence-corrected chi connectivity index (χ0v) is 26.6. The highest BCUT2D eigenvalue weighted by atomic mass is 16.7. The summed E-state index contributed by atoms with van der Waals surface area (Å²) in [4.78, 5) is 30.9. The van der Waals surface area contributed by atoms with E-state index in [2.05, 4.69) is 6.92 Å². The molecule has 5 rings (SSSR count). The van der Waals surface area contributed by atoms with E-state index < -0.39 is 23.8 Å². The highest BCUT2D eigenvalue weighted by Crippen LogP contribution is 2.47. The fraction of sp³-hybridized carbons (Fsp3) is 0.429. The van der Waals surface area contributed by atoms with Crippen LogP contribution in [0.25, 0.3) is 0 Å². The van der Waals surface area contributed by atoms with Crippen molar-refractivity contribution in [3.63, 3.8) is 0 Å². The van der Waals surface area contributed by atoms with Crippen LogP contribution in [0.1, 0.15) is 43.2 Å². The number of rotatable bonds is 15. The van der Waals surface area contributed by atoms with Crippen molar-refractivity contribution in [3.05, 3.63) is 71.8 Å². The molecule has 3 N–H and O–H groups in total. The number of carboxylic acids is 1. The molecule has 2 heterocycles. The standard InChI is InChI=1S/C35H43N3O8/c1-4-5-14-38(25-10-8-9-23(16-25)19-36)32(39)21-37-20-26(24-17-30(43-3)34-31(18-24)45-22-46-34)33(35(40)41)27(37)13-15-44-29-12-7-6-11-28(29)42-2/h6-12,16-18,26-27,33H,4-5,13-15,19-22,36H2,1-3H3,(H,40,41)/t26-,27+,33-/m1/s1. The lowest BCUT2D eigenvalue weighted by Gasteiger charge is -2.30. The second kappa shape index (κ2) is 15.2. The Kier molecular flexibility index (Phi) is 10.9. The predicted molar refractivity (Wildman–Crippen MR) is 173 cm³/mol. The average molecular weight is 634 g/mol. The molecule has 246 valence electrons. The minimum atomic E-state index is -0.947. The van der Waals surface area contributed by atoms with Gasteiger partial charge in [0.05, 0.1) is 33.3 Å². The van der Waals surface area contributed by atoms with Crippen molar-refractivity contribution in [3.8, 4) is 28.7 Å². The van der Waals surface area contributed by atoms with Crippen LogP contribution in [-0.4, -0.2) is 75.2 Å².